The number of benzene rings is 2. The molecule has 0 radical (unpaired) electrons. The highest BCUT2D eigenvalue weighted by Crippen LogP contribution is 2.54. The van der Waals surface area contributed by atoms with E-state index in [0.29, 0.717) is 22.0 Å². The molecule has 0 atom stereocenters. The number of ether oxygens (including phenoxy) is 2. The predicted octanol–water partition coefficient (Wildman–Crippen LogP) is 4.06. The van der Waals surface area contributed by atoms with E-state index in [2.05, 4.69) is 10.2 Å². The highest BCUT2D eigenvalue weighted by molar-refractivity contribution is 6.30. The Balaban J connectivity index is 1.14. The van der Waals surface area contributed by atoms with Crippen molar-refractivity contribution in [1.82, 2.24) is 10.2 Å². The van der Waals surface area contributed by atoms with Gasteiger partial charge in [-0.25, -0.2) is 0 Å². The summed E-state index contributed by atoms with van der Waals surface area (Å²) in [7, 11) is 0. The van der Waals surface area contributed by atoms with E-state index in [0.717, 1.165) is 11.1 Å². The van der Waals surface area contributed by atoms with Gasteiger partial charge in [0.05, 0.1) is 18.6 Å². The van der Waals surface area contributed by atoms with Crippen LogP contribution in [0, 0.1) is 11.3 Å². The molecular weight excluding hydrogens is 420 g/mol. The van der Waals surface area contributed by atoms with Gasteiger partial charge in [-0.2, -0.15) is 0 Å². The largest absolute Gasteiger partial charge is 0.416 e. The van der Waals surface area contributed by atoms with Crippen molar-refractivity contribution in [3.63, 3.8) is 0 Å². The number of hydrogen-bond acceptors (Lipinski definition) is 7. The number of rotatable bonds is 3. The van der Waals surface area contributed by atoms with Gasteiger partial charge in [0.25, 0.3) is 5.89 Å². The number of halogens is 1. The van der Waals surface area contributed by atoms with Crippen LogP contribution in [0.15, 0.2) is 64.6 Å². The van der Waals surface area contributed by atoms with Gasteiger partial charge in [-0.3, -0.25) is 9.59 Å². The van der Waals surface area contributed by atoms with Gasteiger partial charge in [-0.05, 0) is 29.8 Å². The summed E-state index contributed by atoms with van der Waals surface area (Å²) in [5.41, 5.74) is 1.94. The number of aromatic nitrogens is 2. The molecule has 1 aliphatic heterocycles. The summed E-state index contributed by atoms with van der Waals surface area (Å²) in [5, 5.41) is 8.69. The summed E-state index contributed by atoms with van der Waals surface area (Å²) in [6.07, 6.45) is 1.10. The SMILES string of the molecule is O=C1c2ccccc2C(=O)C1C1=CC12COC(c1nnc(-c3ccc(Cl)cc3)o1)OC2. The lowest BCUT2D eigenvalue weighted by atomic mass is 9.90. The number of ketones is 2. The zero-order valence-electron chi connectivity index (χ0n) is 16.1. The van der Waals surface area contributed by atoms with Crippen LogP contribution >= 0.6 is 11.6 Å². The number of fused-ring (bicyclic) bond motifs is 1. The Morgan fingerprint density at radius 3 is 2.19 bits per heavy atom. The molecule has 2 aromatic carbocycles. The van der Waals surface area contributed by atoms with Crippen LogP contribution in [0.4, 0.5) is 0 Å². The second kappa shape index (κ2) is 6.68. The molecule has 3 aliphatic rings. The van der Waals surface area contributed by atoms with Crippen molar-refractivity contribution in [3.05, 3.63) is 82.2 Å². The van der Waals surface area contributed by atoms with Crippen LogP contribution in [-0.4, -0.2) is 35.0 Å². The number of nitrogens with zero attached hydrogens (tertiary/aromatic N) is 2. The number of Topliss-reactive ketones (excluding diaryl/α,β-unsaturated/α-hetero) is 2. The van der Waals surface area contributed by atoms with Crippen molar-refractivity contribution in [2.75, 3.05) is 13.2 Å². The van der Waals surface area contributed by atoms with E-state index >= 15 is 0 Å². The second-order valence-electron chi connectivity index (χ2n) is 7.87. The molecule has 0 N–H and O–H groups in total. The summed E-state index contributed by atoms with van der Waals surface area (Å²) >= 11 is 5.91. The molecule has 1 saturated heterocycles. The van der Waals surface area contributed by atoms with E-state index in [1.165, 1.54) is 0 Å². The third-order valence-corrected chi connectivity index (χ3v) is 6.19. The predicted molar refractivity (Wildman–Crippen MR) is 108 cm³/mol. The first-order valence-corrected chi connectivity index (χ1v) is 10.2. The summed E-state index contributed by atoms with van der Waals surface area (Å²) in [4.78, 5) is 25.5. The maximum Gasteiger partial charge on any atom is 0.273 e. The summed E-state index contributed by atoms with van der Waals surface area (Å²) in [6, 6.07) is 14.0. The maximum absolute atomic E-state index is 12.8. The van der Waals surface area contributed by atoms with Crippen LogP contribution in [0.1, 0.15) is 32.9 Å². The molecule has 1 aromatic heterocycles. The smallest absolute Gasteiger partial charge is 0.273 e. The molecule has 31 heavy (non-hydrogen) atoms. The zero-order valence-corrected chi connectivity index (χ0v) is 16.8. The molecule has 8 heteroatoms. The molecule has 2 heterocycles. The Morgan fingerprint density at radius 2 is 1.55 bits per heavy atom. The van der Waals surface area contributed by atoms with E-state index in [1.807, 2.05) is 6.08 Å². The molecule has 0 bridgehead atoms. The lowest BCUT2D eigenvalue weighted by Crippen LogP contribution is -2.33. The van der Waals surface area contributed by atoms with Crippen LogP contribution in [0.5, 0.6) is 0 Å². The summed E-state index contributed by atoms with van der Waals surface area (Å²) < 4.78 is 17.4. The topological polar surface area (TPSA) is 91.5 Å². The molecule has 7 nitrogen and oxygen atoms in total. The van der Waals surface area contributed by atoms with Gasteiger partial charge in [-0.15, -0.1) is 10.2 Å². The molecular formula is C23H15ClN2O5. The number of hydrogen-bond donors (Lipinski definition) is 0. The van der Waals surface area contributed by atoms with Crippen LogP contribution in [0.3, 0.4) is 0 Å². The fourth-order valence-corrected chi connectivity index (χ4v) is 4.35. The van der Waals surface area contributed by atoms with Crippen molar-refractivity contribution >= 4 is 23.2 Å². The van der Waals surface area contributed by atoms with Gasteiger partial charge in [0.1, 0.15) is 5.92 Å². The van der Waals surface area contributed by atoms with Gasteiger partial charge in [0.2, 0.25) is 12.2 Å². The normalized spacial score (nSPS) is 25.1. The van der Waals surface area contributed by atoms with Crippen LogP contribution in [0.2, 0.25) is 5.02 Å². The van der Waals surface area contributed by atoms with E-state index in [9.17, 15) is 9.59 Å². The van der Waals surface area contributed by atoms with Crippen LogP contribution < -0.4 is 0 Å². The average Bonchev–Trinajstić information content (AvgIpc) is 3.14. The van der Waals surface area contributed by atoms with Gasteiger partial charge < -0.3 is 13.9 Å². The molecule has 1 spiro atoms. The molecule has 0 saturated carbocycles. The zero-order chi connectivity index (χ0) is 21.2. The summed E-state index contributed by atoms with van der Waals surface area (Å²) in [5.74, 6) is -0.543. The first kappa shape index (κ1) is 18.6. The molecule has 0 unspecified atom stereocenters. The fourth-order valence-electron chi connectivity index (χ4n) is 4.23. The first-order chi connectivity index (χ1) is 15.1. The third-order valence-electron chi connectivity index (χ3n) is 5.93. The summed E-state index contributed by atoms with van der Waals surface area (Å²) in [6.45, 7) is 0.554. The van der Waals surface area contributed by atoms with Gasteiger partial charge in [0, 0.05) is 21.7 Å². The Kier molecular flexibility index (Phi) is 4.02. The molecule has 6 rings (SSSR count). The molecule has 154 valence electrons. The molecule has 3 aromatic rings. The van der Waals surface area contributed by atoms with Crippen LogP contribution in [-0.2, 0) is 9.47 Å². The molecule has 1 fully saturated rings. The van der Waals surface area contributed by atoms with Crippen LogP contribution in [0.25, 0.3) is 11.5 Å². The average molecular weight is 435 g/mol. The monoisotopic (exact) mass is 434 g/mol. The maximum atomic E-state index is 12.8. The second-order valence-corrected chi connectivity index (χ2v) is 8.31. The van der Waals surface area contributed by atoms with Crippen molar-refractivity contribution in [1.29, 1.82) is 0 Å². The molecule has 0 amide bonds. The highest BCUT2D eigenvalue weighted by atomic mass is 35.5. The number of carbonyl (C=O) groups excluding carboxylic acids is 2. The first-order valence-electron chi connectivity index (χ1n) is 9.79. The Hall–Kier alpha value is -3.13. The van der Waals surface area contributed by atoms with E-state index in [4.69, 9.17) is 25.5 Å². The van der Waals surface area contributed by atoms with Crippen molar-refractivity contribution in [2.45, 2.75) is 6.29 Å². The minimum Gasteiger partial charge on any atom is -0.416 e. The molecule has 2 aliphatic carbocycles. The van der Waals surface area contributed by atoms with E-state index < -0.39 is 17.6 Å². The highest BCUT2D eigenvalue weighted by Gasteiger charge is 2.57. The van der Waals surface area contributed by atoms with Gasteiger partial charge >= 0.3 is 0 Å². The minimum absolute atomic E-state index is 0.157. The van der Waals surface area contributed by atoms with Gasteiger partial charge in [0.15, 0.2) is 11.6 Å². The van der Waals surface area contributed by atoms with Crippen molar-refractivity contribution < 1.29 is 23.5 Å². The van der Waals surface area contributed by atoms with Crippen molar-refractivity contribution in [2.24, 2.45) is 11.3 Å². The minimum atomic E-state index is -0.804. The fraction of sp³-hybridized carbons (Fsp3) is 0.217. The van der Waals surface area contributed by atoms with E-state index in [-0.39, 0.29) is 30.7 Å². The lowest BCUT2D eigenvalue weighted by Gasteiger charge is -2.29. The third kappa shape index (κ3) is 2.89. The Bertz CT molecular complexity index is 1220. The number of carbonyl (C=O) groups is 2. The quantitative estimate of drug-likeness (QED) is 0.453. The lowest BCUT2D eigenvalue weighted by molar-refractivity contribution is -0.218. The van der Waals surface area contributed by atoms with Gasteiger partial charge in [-0.1, -0.05) is 41.9 Å². The van der Waals surface area contributed by atoms with E-state index in [1.54, 1.807) is 48.5 Å². The Morgan fingerprint density at radius 1 is 0.903 bits per heavy atom. The standard InChI is InChI=1S/C23H15ClN2O5/c24-13-7-5-12(6-8-13)20-25-26-21(31-20)22-29-10-23(11-30-22)9-16(23)17-18(27)14-3-1-2-4-15(14)19(17)28/h1-9,17,22H,10-11H2. The van der Waals surface area contributed by atoms with Crippen molar-refractivity contribution in [3.8, 4) is 11.5 Å². The Labute approximate surface area is 181 Å².